The number of alkyl carbamates (subject to hydrolysis) is 1. The number of benzene rings is 2. The standard InChI is InChI=1S/C30H37FN6O4/c1-7-19(3)20-15-22(34-26(38)8-2)17-23(16-20)35-27-25(31)18-33-28(37-27)36-21-9-11-24(12-10-21)40-14-13-32-29(39)41-30(4,5)6/h8-12,15-19H,2,7,13-14H2,1,3-6H3,(H,32,39)(H,34,38)(H2,33,35,36,37). The minimum Gasteiger partial charge on any atom is -0.492 e. The average Bonchev–Trinajstić information content (AvgIpc) is 2.92. The van der Waals surface area contributed by atoms with Crippen LogP contribution in [-0.4, -0.2) is 40.7 Å². The Morgan fingerprint density at radius 1 is 1.07 bits per heavy atom. The lowest BCUT2D eigenvalue weighted by molar-refractivity contribution is -0.111. The van der Waals surface area contributed by atoms with Crippen LogP contribution in [0.25, 0.3) is 0 Å². The van der Waals surface area contributed by atoms with Gasteiger partial charge in [-0.1, -0.05) is 20.4 Å². The fourth-order valence-corrected chi connectivity index (χ4v) is 3.56. The van der Waals surface area contributed by atoms with Gasteiger partial charge in [-0.3, -0.25) is 4.79 Å². The topological polar surface area (TPSA) is 126 Å². The van der Waals surface area contributed by atoms with Gasteiger partial charge in [-0.2, -0.15) is 4.98 Å². The van der Waals surface area contributed by atoms with Gasteiger partial charge < -0.3 is 30.7 Å². The molecule has 1 aromatic heterocycles. The van der Waals surface area contributed by atoms with E-state index in [0.717, 1.165) is 18.2 Å². The number of nitrogens with one attached hydrogen (secondary N) is 4. The number of hydrogen-bond acceptors (Lipinski definition) is 8. The molecule has 11 heteroatoms. The molecule has 41 heavy (non-hydrogen) atoms. The van der Waals surface area contributed by atoms with Crippen LogP contribution in [0, 0.1) is 5.82 Å². The largest absolute Gasteiger partial charge is 0.492 e. The summed E-state index contributed by atoms with van der Waals surface area (Å²) in [4.78, 5) is 31.9. The summed E-state index contributed by atoms with van der Waals surface area (Å²) in [6.45, 7) is 13.6. The summed E-state index contributed by atoms with van der Waals surface area (Å²) in [5, 5.41) is 11.4. The summed E-state index contributed by atoms with van der Waals surface area (Å²) in [5.41, 5.74) is 2.20. The van der Waals surface area contributed by atoms with Crippen LogP contribution in [0.2, 0.25) is 0 Å². The summed E-state index contributed by atoms with van der Waals surface area (Å²) in [7, 11) is 0. The summed E-state index contributed by atoms with van der Waals surface area (Å²) in [6.07, 6.45) is 2.65. The highest BCUT2D eigenvalue weighted by Crippen LogP contribution is 2.29. The summed E-state index contributed by atoms with van der Waals surface area (Å²) < 4.78 is 25.5. The molecule has 1 heterocycles. The molecule has 218 valence electrons. The van der Waals surface area contributed by atoms with E-state index in [1.165, 1.54) is 6.08 Å². The highest BCUT2D eigenvalue weighted by molar-refractivity contribution is 5.99. The second-order valence-electron chi connectivity index (χ2n) is 10.3. The lowest BCUT2D eigenvalue weighted by atomic mass is 9.97. The summed E-state index contributed by atoms with van der Waals surface area (Å²) >= 11 is 0. The molecular formula is C30H37FN6O4. The van der Waals surface area contributed by atoms with Crippen molar-refractivity contribution in [2.75, 3.05) is 29.1 Å². The van der Waals surface area contributed by atoms with Crippen LogP contribution >= 0.6 is 0 Å². The van der Waals surface area contributed by atoms with Crippen LogP contribution < -0.4 is 26.0 Å². The number of anilines is 5. The maximum absolute atomic E-state index is 14.7. The first-order valence-corrected chi connectivity index (χ1v) is 13.3. The van der Waals surface area contributed by atoms with E-state index in [9.17, 15) is 14.0 Å². The molecule has 3 rings (SSSR count). The smallest absolute Gasteiger partial charge is 0.407 e. The molecule has 0 aliphatic heterocycles. The molecule has 0 spiro atoms. The zero-order valence-electron chi connectivity index (χ0n) is 24.0. The van der Waals surface area contributed by atoms with Crippen molar-refractivity contribution in [1.29, 1.82) is 0 Å². The molecule has 2 aromatic carbocycles. The van der Waals surface area contributed by atoms with Crippen LogP contribution in [0.5, 0.6) is 5.75 Å². The second-order valence-corrected chi connectivity index (χ2v) is 10.3. The Hall–Kier alpha value is -4.67. The fraction of sp³-hybridized carbons (Fsp3) is 0.333. The minimum atomic E-state index is -0.634. The quantitative estimate of drug-likeness (QED) is 0.142. The average molecular weight is 565 g/mol. The molecule has 0 bridgehead atoms. The van der Waals surface area contributed by atoms with E-state index in [2.05, 4.69) is 51.7 Å². The molecule has 0 saturated carbocycles. The van der Waals surface area contributed by atoms with Gasteiger partial charge in [0.05, 0.1) is 12.7 Å². The molecule has 3 aromatic rings. The van der Waals surface area contributed by atoms with Crippen LogP contribution in [0.15, 0.2) is 61.3 Å². The van der Waals surface area contributed by atoms with Crippen molar-refractivity contribution in [3.8, 4) is 5.75 Å². The highest BCUT2D eigenvalue weighted by Gasteiger charge is 2.16. The molecule has 1 unspecified atom stereocenters. The van der Waals surface area contributed by atoms with Crippen LogP contribution in [-0.2, 0) is 9.53 Å². The summed E-state index contributed by atoms with van der Waals surface area (Å²) in [6, 6.07) is 12.5. The first-order valence-electron chi connectivity index (χ1n) is 13.3. The lowest BCUT2D eigenvalue weighted by Gasteiger charge is -2.19. The van der Waals surface area contributed by atoms with Gasteiger partial charge in [-0.25, -0.2) is 14.2 Å². The first kappa shape index (κ1) is 30.9. The van der Waals surface area contributed by atoms with Gasteiger partial charge in [-0.15, -0.1) is 0 Å². The van der Waals surface area contributed by atoms with Crippen LogP contribution in [0.4, 0.5) is 38.0 Å². The Morgan fingerprint density at radius 3 is 2.44 bits per heavy atom. The zero-order chi connectivity index (χ0) is 30.0. The molecule has 0 radical (unpaired) electrons. The molecule has 4 N–H and O–H groups in total. The maximum Gasteiger partial charge on any atom is 0.407 e. The van der Waals surface area contributed by atoms with Crippen molar-refractivity contribution >= 4 is 40.8 Å². The van der Waals surface area contributed by atoms with Gasteiger partial charge >= 0.3 is 6.09 Å². The predicted molar refractivity (Wildman–Crippen MR) is 159 cm³/mol. The van der Waals surface area contributed by atoms with Gasteiger partial charge in [-0.05, 0) is 87.2 Å². The van der Waals surface area contributed by atoms with Gasteiger partial charge in [0, 0.05) is 17.1 Å². The Kier molecular flexibility index (Phi) is 10.6. The first-order chi connectivity index (χ1) is 19.5. The maximum atomic E-state index is 14.7. The number of carbonyl (C=O) groups excluding carboxylic acids is 2. The van der Waals surface area contributed by atoms with Gasteiger partial charge in [0.1, 0.15) is 18.0 Å². The number of carbonyl (C=O) groups is 2. The molecular weight excluding hydrogens is 527 g/mol. The normalized spacial score (nSPS) is 11.7. The number of ether oxygens (including phenoxy) is 2. The van der Waals surface area contributed by atoms with Crippen molar-refractivity contribution in [1.82, 2.24) is 15.3 Å². The van der Waals surface area contributed by atoms with Crippen molar-refractivity contribution in [3.05, 3.63) is 72.7 Å². The number of aromatic nitrogens is 2. The molecule has 2 amide bonds. The van der Waals surface area contributed by atoms with Crippen LogP contribution in [0.3, 0.4) is 0 Å². The fourth-order valence-electron chi connectivity index (χ4n) is 3.56. The molecule has 0 fully saturated rings. The monoisotopic (exact) mass is 564 g/mol. The third kappa shape index (κ3) is 10.1. The Morgan fingerprint density at radius 2 is 1.78 bits per heavy atom. The number of amides is 2. The highest BCUT2D eigenvalue weighted by atomic mass is 19.1. The Balaban J connectivity index is 1.64. The third-order valence-electron chi connectivity index (χ3n) is 5.75. The van der Waals surface area contributed by atoms with E-state index in [-0.39, 0.29) is 36.7 Å². The molecule has 0 aliphatic carbocycles. The minimum absolute atomic E-state index is 0.0257. The molecule has 0 saturated heterocycles. The lowest BCUT2D eigenvalue weighted by Crippen LogP contribution is -2.34. The molecule has 1 atom stereocenters. The van der Waals surface area contributed by atoms with Gasteiger partial charge in [0.25, 0.3) is 0 Å². The number of hydrogen-bond donors (Lipinski definition) is 4. The van der Waals surface area contributed by atoms with E-state index in [0.29, 0.717) is 22.8 Å². The van der Waals surface area contributed by atoms with Crippen molar-refractivity contribution in [2.24, 2.45) is 0 Å². The van der Waals surface area contributed by atoms with Gasteiger partial charge in [0.15, 0.2) is 11.6 Å². The zero-order valence-corrected chi connectivity index (χ0v) is 24.0. The Bertz CT molecular complexity index is 1360. The van der Waals surface area contributed by atoms with Crippen molar-refractivity contribution in [2.45, 2.75) is 52.6 Å². The molecule has 10 nitrogen and oxygen atoms in total. The van der Waals surface area contributed by atoms with E-state index in [4.69, 9.17) is 9.47 Å². The molecule has 0 aliphatic rings. The number of nitrogens with zero attached hydrogens (tertiary/aromatic N) is 2. The van der Waals surface area contributed by atoms with E-state index < -0.39 is 17.5 Å². The van der Waals surface area contributed by atoms with E-state index >= 15 is 0 Å². The predicted octanol–water partition coefficient (Wildman–Crippen LogP) is 6.64. The van der Waals surface area contributed by atoms with E-state index in [1.807, 2.05) is 12.1 Å². The van der Waals surface area contributed by atoms with E-state index in [1.54, 1.807) is 51.1 Å². The Labute approximate surface area is 239 Å². The number of rotatable bonds is 12. The van der Waals surface area contributed by atoms with Crippen molar-refractivity contribution < 1.29 is 23.5 Å². The SMILES string of the molecule is C=CC(=O)Nc1cc(Nc2nc(Nc3ccc(OCCNC(=O)OC(C)(C)C)cc3)ncc2F)cc(C(C)CC)c1. The summed E-state index contributed by atoms with van der Waals surface area (Å²) in [5.74, 6) is 0.00152. The van der Waals surface area contributed by atoms with Crippen LogP contribution in [0.1, 0.15) is 52.5 Å². The third-order valence-corrected chi connectivity index (χ3v) is 5.75. The van der Waals surface area contributed by atoms with Crippen molar-refractivity contribution in [3.63, 3.8) is 0 Å². The second kappa shape index (κ2) is 14.1. The number of halogens is 1. The van der Waals surface area contributed by atoms with Gasteiger partial charge in [0.2, 0.25) is 11.9 Å².